The Morgan fingerprint density at radius 1 is 1.00 bits per heavy atom. The van der Waals surface area contributed by atoms with Crippen LogP contribution in [0.2, 0.25) is 0 Å². The molecular weight excluding hydrogens is 568 g/mol. The van der Waals surface area contributed by atoms with Crippen LogP contribution in [0.15, 0.2) is 83.9 Å². The van der Waals surface area contributed by atoms with Crippen LogP contribution in [0.5, 0.6) is 0 Å². The van der Waals surface area contributed by atoms with Gasteiger partial charge >= 0.3 is 6.03 Å². The first-order valence-electron chi connectivity index (χ1n) is 15.2. The van der Waals surface area contributed by atoms with Crippen LogP contribution < -0.4 is 26.4 Å². The van der Waals surface area contributed by atoms with Crippen LogP contribution in [0.1, 0.15) is 36.8 Å². The zero-order chi connectivity index (χ0) is 31.2. The zero-order valence-electron chi connectivity index (χ0n) is 25.1. The van der Waals surface area contributed by atoms with Gasteiger partial charge in [0.15, 0.2) is 0 Å². The smallest absolute Gasteiger partial charge is 0.322 e. The van der Waals surface area contributed by atoms with Gasteiger partial charge in [-0.05, 0) is 60.6 Å². The first kappa shape index (κ1) is 29.8. The summed E-state index contributed by atoms with van der Waals surface area (Å²) in [6, 6.07) is 23.5. The van der Waals surface area contributed by atoms with Crippen molar-refractivity contribution in [3.63, 3.8) is 0 Å². The van der Waals surface area contributed by atoms with Gasteiger partial charge in [0, 0.05) is 43.6 Å². The van der Waals surface area contributed by atoms with Gasteiger partial charge in [0.1, 0.15) is 17.5 Å². The second-order valence-electron chi connectivity index (χ2n) is 11.5. The SMILES string of the molecule is Cn1ccc(-c2ccc(N(C(=O)NCc3ccccc3)[C@H]3CC[C@H](Nc4ncc(C#N)c(NC5COC5)n4)CC3)cc2)cc1=O. The molecule has 230 valence electrons. The summed E-state index contributed by atoms with van der Waals surface area (Å²) in [5.74, 6) is 0.988. The molecule has 1 saturated carbocycles. The van der Waals surface area contributed by atoms with E-state index in [1.165, 1.54) is 4.57 Å². The molecule has 2 fully saturated rings. The van der Waals surface area contributed by atoms with Crippen LogP contribution in [0.4, 0.5) is 22.2 Å². The van der Waals surface area contributed by atoms with E-state index < -0.39 is 0 Å². The fraction of sp³-hybridized carbons (Fsp3) is 0.324. The summed E-state index contributed by atoms with van der Waals surface area (Å²) in [6.45, 7) is 1.61. The molecule has 1 saturated heterocycles. The largest absolute Gasteiger partial charge is 0.377 e. The van der Waals surface area contributed by atoms with Crippen LogP contribution in [0.25, 0.3) is 11.1 Å². The van der Waals surface area contributed by atoms with E-state index in [0.717, 1.165) is 48.1 Å². The van der Waals surface area contributed by atoms with E-state index in [-0.39, 0.29) is 29.7 Å². The average molecular weight is 605 g/mol. The Morgan fingerprint density at radius 3 is 2.42 bits per heavy atom. The van der Waals surface area contributed by atoms with Crippen LogP contribution >= 0.6 is 0 Å². The molecule has 2 aliphatic rings. The number of benzene rings is 2. The Hall–Kier alpha value is -5.21. The third-order valence-electron chi connectivity index (χ3n) is 8.37. The van der Waals surface area contributed by atoms with Gasteiger partial charge in [-0.3, -0.25) is 9.69 Å². The van der Waals surface area contributed by atoms with E-state index in [1.807, 2.05) is 65.6 Å². The number of nitrogens with one attached hydrogen (secondary N) is 3. The Kier molecular flexibility index (Phi) is 9.03. The number of amides is 2. The summed E-state index contributed by atoms with van der Waals surface area (Å²) >= 11 is 0. The first-order valence-corrected chi connectivity index (χ1v) is 15.2. The maximum absolute atomic E-state index is 13.7. The number of ether oxygens (including phenoxy) is 1. The van der Waals surface area contributed by atoms with E-state index in [0.29, 0.717) is 37.1 Å². The number of rotatable bonds is 9. The molecule has 1 aliphatic carbocycles. The number of pyridine rings is 1. The number of carbonyl (C=O) groups is 1. The highest BCUT2D eigenvalue weighted by atomic mass is 16.5. The van der Waals surface area contributed by atoms with Crippen molar-refractivity contribution < 1.29 is 9.53 Å². The molecule has 2 amide bonds. The van der Waals surface area contributed by atoms with Crippen molar-refractivity contribution in [3.8, 4) is 17.2 Å². The van der Waals surface area contributed by atoms with E-state index in [9.17, 15) is 14.9 Å². The van der Waals surface area contributed by atoms with Gasteiger partial charge in [-0.15, -0.1) is 0 Å². The van der Waals surface area contributed by atoms with Gasteiger partial charge in [-0.2, -0.15) is 10.2 Å². The molecule has 0 bridgehead atoms. The normalized spacial score (nSPS) is 17.9. The highest BCUT2D eigenvalue weighted by Crippen LogP contribution is 2.31. The number of carbonyl (C=O) groups excluding carboxylic acids is 1. The van der Waals surface area contributed by atoms with Gasteiger partial charge in [-0.1, -0.05) is 42.5 Å². The molecule has 6 rings (SSSR count). The molecule has 4 aromatic rings. The molecule has 2 aromatic carbocycles. The number of hydrogen-bond donors (Lipinski definition) is 3. The molecule has 1 aliphatic heterocycles. The predicted molar refractivity (Wildman–Crippen MR) is 173 cm³/mol. The molecule has 0 atom stereocenters. The van der Waals surface area contributed by atoms with E-state index >= 15 is 0 Å². The maximum atomic E-state index is 13.7. The van der Waals surface area contributed by atoms with Gasteiger partial charge in [0.2, 0.25) is 5.95 Å². The summed E-state index contributed by atoms with van der Waals surface area (Å²) in [6.07, 6.45) is 6.51. The molecule has 45 heavy (non-hydrogen) atoms. The van der Waals surface area contributed by atoms with Crippen LogP contribution in [-0.4, -0.2) is 51.9 Å². The zero-order valence-corrected chi connectivity index (χ0v) is 25.1. The summed E-state index contributed by atoms with van der Waals surface area (Å²) in [4.78, 5) is 36.7. The minimum absolute atomic E-state index is 0.00794. The van der Waals surface area contributed by atoms with Crippen molar-refractivity contribution in [3.05, 3.63) is 101 Å². The minimum atomic E-state index is -0.150. The topological polar surface area (TPSA) is 137 Å². The molecule has 0 unspecified atom stereocenters. The highest BCUT2D eigenvalue weighted by Gasteiger charge is 2.31. The number of aryl methyl sites for hydroxylation is 1. The Bertz CT molecular complexity index is 1720. The fourth-order valence-corrected chi connectivity index (χ4v) is 5.71. The van der Waals surface area contributed by atoms with E-state index in [2.05, 4.69) is 32.0 Å². The monoisotopic (exact) mass is 604 g/mol. The van der Waals surface area contributed by atoms with Gasteiger partial charge < -0.3 is 25.3 Å². The van der Waals surface area contributed by atoms with E-state index in [1.54, 1.807) is 25.5 Å². The summed E-state index contributed by atoms with van der Waals surface area (Å²) in [7, 11) is 1.73. The number of urea groups is 1. The molecule has 11 nitrogen and oxygen atoms in total. The van der Waals surface area contributed by atoms with Gasteiger partial charge in [-0.25, -0.2) is 9.78 Å². The van der Waals surface area contributed by atoms with Crippen molar-refractivity contribution in [2.24, 2.45) is 7.05 Å². The fourth-order valence-electron chi connectivity index (χ4n) is 5.71. The Labute approximate surface area is 261 Å². The molecule has 0 radical (unpaired) electrons. The number of aromatic nitrogens is 3. The molecule has 3 heterocycles. The molecule has 3 N–H and O–H groups in total. The summed E-state index contributed by atoms with van der Waals surface area (Å²) in [5, 5.41) is 19.3. The first-order chi connectivity index (χ1) is 22.0. The quantitative estimate of drug-likeness (QED) is 0.251. The predicted octanol–water partition coefficient (Wildman–Crippen LogP) is 4.66. The minimum Gasteiger partial charge on any atom is -0.377 e. The average Bonchev–Trinajstić information content (AvgIpc) is 3.05. The summed E-state index contributed by atoms with van der Waals surface area (Å²) < 4.78 is 6.77. The van der Waals surface area contributed by atoms with Crippen molar-refractivity contribution in [2.45, 2.75) is 50.4 Å². The number of anilines is 3. The van der Waals surface area contributed by atoms with Crippen molar-refractivity contribution in [1.29, 1.82) is 5.26 Å². The molecule has 0 spiro atoms. The lowest BCUT2D eigenvalue weighted by Crippen LogP contribution is -2.48. The standard InChI is InChI=1S/C34H36N8O3/c1-41-16-15-25(17-31(41)43)24-7-11-29(12-8-24)42(34(44)37-19-23-5-3-2-4-6-23)30-13-9-27(10-14-30)39-33-36-20-26(18-35)32(40-33)38-28-21-45-22-28/h2-8,11-12,15-17,20,27-28,30H,9-10,13-14,19,21-22H2,1H3,(H,37,44)(H2,36,38,39,40)/t27-,30-. The lowest BCUT2D eigenvalue weighted by molar-refractivity contribution is 0.0209. The molecule has 2 aromatic heterocycles. The molecular formula is C34H36N8O3. The summed E-state index contributed by atoms with van der Waals surface area (Å²) in [5.41, 5.74) is 3.90. The van der Waals surface area contributed by atoms with Crippen molar-refractivity contribution in [2.75, 3.05) is 28.7 Å². The van der Waals surface area contributed by atoms with Crippen LogP contribution in [-0.2, 0) is 18.3 Å². The van der Waals surface area contributed by atoms with Crippen molar-refractivity contribution in [1.82, 2.24) is 19.9 Å². The Balaban J connectivity index is 1.16. The van der Waals surface area contributed by atoms with E-state index in [4.69, 9.17) is 4.74 Å². The van der Waals surface area contributed by atoms with Gasteiger partial charge in [0.05, 0.1) is 25.5 Å². The maximum Gasteiger partial charge on any atom is 0.322 e. The number of nitriles is 1. The van der Waals surface area contributed by atoms with Crippen molar-refractivity contribution >= 4 is 23.5 Å². The second-order valence-corrected chi connectivity index (χ2v) is 11.5. The van der Waals surface area contributed by atoms with Crippen LogP contribution in [0.3, 0.4) is 0 Å². The Morgan fingerprint density at radius 2 is 1.76 bits per heavy atom. The number of hydrogen-bond acceptors (Lipinski definition) is 8. The third-order valence-corrected chi connectivity index (χ3v) is 8.37. The third kappa shape index (κ3) is 7.13. The molecule has 11 heteroatoms. The van der Waals surface area contributed by atoms with Crippen LogP contribution in [0, 0.1) is 11.3 Å². The highest BCUT2D eigenvalue weighted by molar-refractivity contribution is 5.93. The second kappa shape index (κ2) is 13.6. The lowest BCUT2D eigenvalue weighted by atomic mass is 9.90. The van der Waals surface area contributed by atoms with Gasteiger partial charge in [0.25, 0.3) is 5.56 Å². The lowest BCUT2D eigenvalue weighted by Gasteiger charge is -2.37. The number of nitrogens with zero attached hydrogens (tertiary/aromatic N) is 5.